The van der Waals surface area contributed by atoms with E-state index in [4.69, 9.17) is 8.83 Å². The zero-order valence-corrected chi connectivity index (χ0v) is 9.76. The molecule has 0 radical (unpaired) electrons. The third-order valence-corrected chi connectivity index (χ3v) is 2.57. The van der Waals surface area contributed by atoms with Crippen molar-refractivity contribution in [2.75, 3.05) is 13.1 Å². The number of hydrogen-bond acceptors (Lipinski definition) is 4. The van der Waals surface area contributed by atoms with Gasteiger partial charge in [-0.05, 0) is 30.8 Å². The van der Waals surface area contributed by atoms with Crippen LogP contribution in [0.5, 0.6) is 0 Å². The highest BCUT2D eigenvalue weighted by Gasteiger charge is 2.14. The summed E-state index contributed by atoms with van der Waals surface area (Å²) in [5.74, 6) is 1.25. The molecule has 0 N–H and O–H groups in total. The van der Waals surface area contributed by atoms with Gasteiger partial charge in [0.1, 0.15) is 5.76 Å². The predicted molar refractivity (Wildman–Crippen MR) is 62.7 cm³/mol. The molecule has 2 heterocycles. The number of nitrogens with zero attached hydrogens (tertiary/aromatic N) is 1. The lowest BCUT2D eigenvalue weighted by Crippen LogP contribution is -2.29. The summed E-state index contributed by atoms with van der Waals surface area (Å²) in [4.78, 5) is 13.8. The van der Waals surface area contributed by atoms with E-state index in [0.29, 0.717) is 18.8 Å². The molecule has 0 saturated heterocycles. The Morgan fingerprint density at radius 2 is 2.00 bits per heavy atom. The van der Waals surface area contributed by atoms with Gasteiger partial charge in [0.15, 0.2) is 5.76 Å². The van der Waals surface area contributed by atoms with E-state index in [-0.39, 0.29) is 5.78 Å². The number of likely N-dealkylation sites (N-methyl/N-ethyl adjacent to an activating group) is 1. The number of Topliss-reactive ketones (excluding diaryl/α,β-unsaturated/α-hetero) is 1. The normalized spacial score (nSPS) is 10.9. The van der Waals surface area contributed by atoms with Gasteiger partial charge in [0.05, 0.1) is 25.6 Å². The van der Waals surface area contributed by atoms with Gasteiger partial charge in [-0.25, -0.2) is 0 Å². The molecule has 0 aromatic carbocycles. The van der Waals surface area contributed by atoms with Gasteiger partial charge in [-0.1, -0.05) is 6.92 Å². The Labute approximate surface area is 99.8 Å². The summed E-state index contributed by atoms with van der Waals surface area (Å²) in [6.07, 6.45) is 3.15. The molecule has 0 saturated carbocycles. The van der Waals surface area contributed by atoms with Gasteiger partial charge >= 0.3 is 0 Å². The van der Waals surface area contributed by atoms with Crippen molar-refractivity contribution in [1.29, 1.82) is 0 Å². The lowest BCUT2D eigenvalue weighted by molar-refractivity contribution is 0.0897. The molecule has 17 heavy (non-hydrogen) atoms. The van der Waals surface area contributed by atoms with E-state index in [9.17, 15) is 4.79 Å². The molecule has 0 bridgehead atoms. The first kappa shape index (κ1) is 11.7. The molecule has 2 aromatic heterocycles. The van der Waals surface area contributed by atoms with Crippen LogP contribution in [-0.2, 0) is 6.54 Å². The Hall–Kier alpha value is -1.81. The standard InChI is InChI=1S/C13H15NO3/c1-2-14(9-11-5-3-7-16-11)10-12(15)13-6-4-8-17-13/h3-8H,2,9-10H2,1H3. The molecule has 90 valence electrons. The van der Waals surface area contributed by atoms with Crippen molar-refractivity contribution >= 4 is 5.78 Å². The van der Waals surface area contributed by atoms with Crippen molar-refractivity contribution in [3.05, 3.63) is 48.3 Å². The predicted octanol–water partition coefficient (Wildman–Crippen LogP) is 2.58. The number of furan rings is 2. The molecule has 2 aromatic rings. The molecular weight excluding hydrogens is 218 g/mol. The van der Waals surface area contributed by atoms with Crippen LogP contribution < -0.4 is 0 Å². The fourth-order valence-electron chi connectivity index (χ4n) is 1.62. The Balaban J connectivity index is 1.93. The van der Waals surface area contributed by atoms with Crippen LogP contribution in [0.4, 0.5) is 0 Å². The van der Waals surface area contributed by atoms with Gasteiger partial charge in [-0.2, -0.15) is 0 Å². The van der Waals surface area contributed by atoms with E-state index in [2.05, 4.69) is 0 Å². The maximum Gasteiger partial charge on any atom is 0.211 e. The molecule has 4 nitrogen and oxygen atoms in total. The van der Waals surface area contributed by atoms with Crippen LogP contribution in [0.15, 0.2) is 45.6 Å². The lowest BCUT2D eigenvalue weighted by Gasteiger charge is -2.17. The van der Waals surface area contributed by atoms with E-state index in [1.165, 1.54) is 6.26 Å². The largest absolute Gasteiger partial charge is 0.468 e. The zero-order chi connectivity index (χ0) is 12.1. The zero-order valence-electron chi connectivity index (χ0n) is 9.76. The second kappa shape index (κ2) is 5.50. The fourth-order valence-corrected chi connectivity index (χ4v) is 1.62. The van der Waals surface area contributed by atoms with Gasteiger partial charge in [0.25, 0.3) is 0 Å². The summed E-state index contributed by atoms with van der Waals surface area (Å²) in [6.45, 7) is 3.77. The molecular formula is C13H15NO3. The van der Waals surface area contributed by atoms with Gasteiger partial charge < -0.3 is 8.83 Å². The SMILES string of the molecule is CCN(CC(=O)c1ccco1)Cc1ccco1. The summed E-state index contributed by atoms with van der Waals surface area (Å²) in [6, 6.07) is 7.15. The minimum Gasteiger partial charge on any atom is -0.468 e. The highest BCUT2D eigenvalue weighted by atomic mass is 16.3. The maximum absolute atomic E-state index is 11.8. The first-order valence-electron chi connectivity index (χ1n) is 5.61. The van der Waals surface area contributed by atoms with Crippen LogP contribution in [0.3, 0.4) is 0 Å². The third-order valence-electron chi connectivity index (χ3n) is 2.57. The minimum atomic E-state index is -0.0107. The molecule has 0 aliphatic carbocycles. The van der Waals surface area contributed by atoms with Crippen LogP contribution in [0.25, 0.3) is 0 Å². The van der Waals surface area contributed by atoms with Crippen molar-refractivity contribution in [3.8, 4) is 0 Å². The summed E-state index contributed by atoms with van der Waals surface area (Å²) in [5.41, 5.74) is 0. The second-order valence-electron chi connectivity index (χ2n) is 3.78. The average molecular weight is 233 g/mol. The topological polar surface area (TPSA) is 46.6 Å². The molecule has 0 atom stereocenters. The molecule has 0 aliphatic rings. The van der Waals surface area contributed by atoms with Crippen molar-refractivity contribution < 1.29 is 13.6 Å². The van der Waals surface area contributed by atoms with Crippen molar-refractivity contribution in [3.63, 3.8) is 0 Å². The lowest BCUT2D eigenvalue weighted by atomic mass is 10.2. The Kier molecular flexibility index (Phi) is 3.77. The van der Waals surface area contributed by atoms with Crippen LogP contribution in [0.1, 0.15) is 23.2 Å². The first-order valence-corrected chi connectivity index (χ1v) is 5.61. The monoisotopic (exact) mass is 233 g/mol. The van der Waals surface area contributed by atoms with Gasteiger partial charge in [0, 0.05) is 0 Å². The summed E-state index contributed by atoms with van der Waals surface area (Å²) < 4.78 is 10.3. The van der Waals surface area contributed by atoms with Crippen LogP contribution in [0, 0.1) is 0 Å². The quantitative estimate of drug-likeness (QED) is 0.719. The molecule has 0 aliphatic heterocycles. The minimum absolute atomic E-state index is 0.0107. The van der Waals surface area contributed by atoms with Crippen LogP contribution in [-0.4, -0.2) is 23.8 Å². The van der Waals surface area contributed by atoms with E-state index < -0.39 is 0 Å². The van der Waals surface area contributed by atoms with Gasteiger partial charge in [0.2, 0.25) is 5.78 Å². The van der Waals surface area contributed by atoms with Gasteiger partial charge in [-0.15, -0.1) is 0 Å². The molecule has 0 unspecified atom stereocenters. The molecule has 2 rings (SSSR count). The first-order chi connectivity index (χ1) is 8.29. The van der Waals surface area contributed by atoms with Crippen LogP contribution >= 0.6 is 0 Å². The molecule has 0 amide bonds. The smallest absolute Gasteiger partial charge is 0.211 e. The summed E-state index contributed by atoms with van der Waals surface area (Å²) in [5, 5.41) is 0. The summed E-state index contributed by atoms with van der Waals surface area (Å²) >= 11 is 0. The van der Waals surface area contributed by atoms with E-state index >= 15 is 0 Å². The van der Waals surface area contributed by atoms with Crippen molar-refractivity contribution in [2.24, 2.45) is 0 Å². The van der Waals surface area contributed by atoms with Gasteiger partial charge in [-0.3, -0.25) is 9.69 Å². The highest BCUT2D eigenvalue weighted by molar-refractivity contribution is 5.94. The number of rotatable bonds is 6. The highest BCUT2D eigenvalue weighted by Crippen LogP contribution is 2.08. The number of carbonyl (C=O) groups excluding carboxylic acids is 1. The third kappa shape index (κ3) is 3.07. The van der Waals surface area contributed by atoms with E-state index in [1.807, 2.05) is 24.0 Å². The molecule has 4 heteroatoms. The Morgan fingerprint density at radius 1 is 1.24 bits per heavy atom. The average Bonchev–Trinajstić information content (AvgIpc) is 3.00. The van der Waals surface area contributed by atoms with E-state index in [1.54, 1.807) is 18.4 Å². The number of hydrogen-bond donors (Lipinski definition) is 0. The van der Waals surface area contributed by atoms with Crippen molar-refractivity contribution in [2.45, 2.75) is 13.5 Å². The summed E-state index contributed by atoms with van der Waals surface area (Å²) in [7, 11) is 0. The van der Waals surface area contributed by atoms with Crippen molar-refractivity contribution in [1.82, 2.24) is 4.90 Å². The number of ketones is 1. The van der Waals surface area contributed by atoms with E-state index in [0.717, 1.165) is 12.3 Å². The number of carbonyl (C=O) groups is 1. The Morgan fingerprint density at radius 3 is 2.59 bits per heavy atom. The van der Waals surface area contributed by atoms with Crippen LogP contribution in [0.2, 0.25) is 0 Å². The second-order valence-corrected chi connectivity index (χ2v) is 3.78. The molecule has 0 spiro atoms. The Bertz CT molecular complexity index is 445. The maximum atomic E-state index is 11.8. The molecule has 0 fully saturated rings. The fraction of sp³-hybridized carbons (Fsp3) is 0.308.